The highest BCUT2D eigenvalue weighted by molar-refractivity contribution is 14.0. The van der Waals surface area contributed by atoms with E-state index < -0.39 is 12.7 Å². The molecule has 3 rings (SSSR count). The molecule has 0 aliphatic carbocycles. The van der Waals surface area contributed by atoms with Crippen LogP contribution in [0.5, 0.6) is 5.75 Å². The van der Waals surface area contributed by atoms with Crippen molar-refractivity contribution in [2.24, 2.45) is 4.99 Å². The van der Waals surface area contributed by atoms with Gasteiger partial charge in [0.25, 0.3) is 0 Å². The van der Waals surface area contributed by atoms with Gasteiger partial charge >= 0.3 is 6.61 Å². The summed E-state index contributed by atoms with van der Waals surface area (Å²) in [5.74, 6) is 1.28. The minimum absolute atomic E-state index is 0. The smallest absolute Gasteiger partial charge is 0.387 e. The summed E-state index contributed by atoms with van der Waals surface area (Å²) >= 11 is 0. The van der Waals surface area contributed by atoms with Crippen LogP contribution in [0.15, 0.2) is 65.8 Å². The van der Waals surface area contributed by atoms with E-state index in [4.69, 9.17) is 0 Å². The SMILES string of the molecule is CCNC(=NCc1ncc(-c2ccccc2)[nH]1)NCC(O)c1ccc(OC(F)F)cc1.I. The van der Waals surface area contributed by atoms with Gasteiger partial charge in [0, 0.05) is 13.1 Å². The van der Waals surface area contributed by atoms with Gasteiger partial charge in [-0.1, -0.05) is 42.5 Å². The molecular weight excluding hydrogens is 531 g/mol. The number of alkyl halides is 2. The number of ether oxygens (including phenoxy) is 1. The third-order valence-corrected chi connectivity index (χ3v) is 4.40. The Hall–Kier alpha value is -2.73. The van der Waals surface area contributed by atoms with Crippen molar-refractivity contribution in [2.75, 3.05) is 13.1 Å². The third kappa shape index (κ3) is 7.75. The lowest BCUT2D eigenvalue weighted by Crippen LogP contribution is -2.39. The van der Waals surface area contributed by atoms with Crippen molar-refractivity contribution in [1.82, 2.24) is 20.6 Å². The van der Waals surface area contributed by atoms with Crippen molar-refractivity contribution in [3.63, 3.8) is 0 Å². The van der Waals surface area contributed by atoms with Gasteiger partial charge in [0.1, 0.15) is 18.1 Å². The lowest BCUT2D eigenvalue weighted by atomic mass is 10.1. The van der Waals surface area contributed by atoms with Crippen LogP contribution in [0, 0.1) is 0 Å². The van der Waals surface area contributed by atoms with E-state index in [2.05, 4.69) is 30.3 Å². The van der Waals surface area contributed by atoms with Gasteiger partial charge in [-0.2, -0.15) is 8.78 Å². The molecule has 32 heavy (non-hydrogen) atoms. The molecule has 1 heterocycles. The summed E-state index contributed by atoms with van der Waals surface area (Å²) in [5.41, 5.74) is 2.53. The highest BCUT2D eigenvalue weighted by atomic mass is 127. The number of H-pyrrole nitrogens is 1. The van der Waals surface area contributed by atoms with E-state index in [9.17, 15) is 13.9 Å². The molecule has 7 nitrogen and oxygen atoms in total. The van der Waals surface area contributed by atoms with Crippen LogP contribution in [0.4, 0.5) is 8.78 Å². The molecule has 10 heteroatoms. The van der Waals surface area contributed by atoms with E-state index in [1.807, 2.05) is 37.3 Å². The van der Waals surface area contributed by atoms with Gasteiger partial charge in [-0.3, -0.25) is 0 Å². The number of aromatic nitrogens is 2. The lowest BCUT2D eigenvalue weighted by molar-refractivity contribution is -0.0498. The number of aromatic amines is 1. The number of nitrogens with one attached hydrogen (secondary N) is 3. The second-order valence-electron chi connectivity index (χ2n) is 6.65. The van der Waals surface area contributed by atoms with Gasteiger partial charge in [0.2, 0.25) is 0 Å². The topological polar surface area (TPSA) is 94.6 Å². The number of benzene rings is 2. The maximum absolute atomic E-state index is 12.2. The van der Waals surface area contributed by atoms with Crippen LogP contribution in [-0.4, -0.2) is 40.7 Å². The Morgan fingerprint density at radius 2 is 1.84 bits per heavy atom. The van der Waals surface area contributed by atoms with Gasteiger partial charge in [-0.05, 0) is 30.2 Å². The van der Waals surface area contributed by atoms with Gasteiger partial charge < -0.3 is 25.5 Å². The Balaban J connectivity index is 0.00000363. The molecule has 1 unspecified atom stereocenters. The molecule has 2 aromatic carbocycles. The zero-order chi connectivity index (χ0) is 22.1. The molecule has 0 amide bonds. The number of hydrogen-bond acceptors (Lipinski definition) is 4. The predicted octanol–water partition coefficient (Wildman–Crippen LogP) is 4.08. The Labute approximate surface area is 202 Å². The minimum Gasteiger partial charge on any atom is -0.435 e. The molecule has 1 atom stereocenters. The van der Waals surface area contributed by atoms with E-state index in [0.717, 1.165) is 11.3 Å². The van der Waals surface area contributed by atoms with E-state index in [0.29, 0.717) is 30.4 Å². The zero-order valence-electron chi connectivity index (χ0n) is 17.5. The van der Waals surface area contributed by atoms with Gasteiger partial charge in [0.15, 0.2) is 5.96 Å². The summed E-state index contributed by atoms with van der Waals surface area (Å²) in [5, 5.41) is 16.6. The Kier molecular flexibility index (Phi) is 10.3. The average Bonchev–Trinajstić information content (AvgIpc) is 3.25. The molecule has 0 aliphatic rings. The number of aliphatic hydroxyl groups excluding tert-OH is 1. The normalized spacial score (nSPS) is 12.2. The van der Waals surface area contributed by atoms with Crippen LogP contribution in [0.1, 0.15) is 24.4 Å². The second kappa shape index (κ2) is 13.0. The molecule has 4 N–H and O–H groups in total. The molecule has 0 aliphatic heterocycles. The van der Waals surface area contributed by atoms with Crippen molar-refractivity contribution in [3.05, 3.63) is 72.2 Å². The molecule has 172 valence electrons. The van der Waals surface area contributed by atoms with Crippen LogP contribution in [0.2, 0.25) is 0 Å². The van der Waals surface area contributed by atoms with E-state index >= 15 is 0 Å². The van der Waals surface area contributed by atoms with E-state index in [-0.39, 0.29) is 36.3 Å². The number of halogens is 3. The van der Waals surface area contributed by atoms with Crippen LogP contribution in [0.3, 0.4) is 0 Å². The summed E-state index contributed by atoms with van der Waals surface area (Å²) in [7, 11) is 0. The van der Waals surface area contributed by atoms with Crippen molar-refractivity contribution >= 4 is 29.9 Å². The number of nitrogens with zero attached hydrogens (tertiary/aromatic N) is 2. The summed E-state index contributed by atoms with van der Waals surface area (Å²) in [4.78, 5) is 12.1. The number of imidazole rings is 1. The average molecular weight is 557 g/mol. The first kappa shape index (κ1) is 25.5. The summed E-state index contributed by atoms with van der Waals surface area (Å²) in [6, 6.07) is 15.8. The molecule has 0 saturated carbocycles. The number of guanidine groups is 1. The molecular formula is C22H26F2IN5O2. The summed E-state index contributed by atoms with van der Waals surface area (Å²) in [6.45, 7) is 0.228. The first-order chi connectivity index (χ1) is 15.0. The Bertz CT molecular complexity index is 968. The third-order valence-electron chi connectivity index (χ3n) is 4.40. The monoisotopic (exact) mass is 557 g/mol. The summed E-state index contributed by atoms with van der Waals surface area (Å²) < 4.78 is 28.8. The summed E-state index contributed by atoms with van der Waals surface area (Å²) in [6.07, 6.45) is 0.920. The molecule has 3 aromatic rings. The highest BCUT2D eigenvalue weighted by Crippen LogP contribution is 2.19. The van der Waals surface area contributed by atoms with Crippen LogP contribution >= 0.6 is 24.0 Å². The van der Waals surface area contributed by atoms with Crippen LogP contribution in [-0.2, 0) is 6.54 Å². The number of aliphatic hydroxyl groups is 1. The molecule has 1 aromatic heterocycles. The van der Waals surface area contributed by atoms with Gasteiger partial charge in [-0.15, -0.1) is 24.0 Å². The minimum atomic E-state index is -2.88. The van der Waals surface area contributed by atoms with E-state index in [1.165, 1.54) is 12.1 Å². The number of rotatable bonds is 9. The van der Waals surface area contributed by atoms with E-state index in [1.54, 1.807) is 18.3 Å². The Morgan fingerprint density at radius 1 is 1.12 bits per heavy atom. The molecule has 0 fully saturated rings. The maximum Gasteiger partial charge on any atom is 0.387 e. The number of hydrogen-bond donors (Lipinski definition) is 4. The number of aliphatic imine (C=N–C) groups is 1. The zero-order valence-corrected chi connectivity index (χ0v) is 19.8. The molecule has 0 spiro atoms. The molecule has 0 saturated heterocycles. The fraction of sp³-hybridized carbons (Fsp3) is 0.273. The lowest BCUT2D eigenvalue weighted by Gasteiger charge is -2.16. The standard InChI is InChI=1S/C22H25F2N5O2.HI/c1-2-25-22(27-13-19(30)16-8-10-17(11-9-16)31-21(23)24)28-14-20-26-12-18(29-20)15-6-4-3-5-7-15;/h3-12,19,21,30H,2,13-14H2,1H3,(H,26,29)(H2,25,27,28);1H. The fourth-order valence-electron chi connectivity index (χ4n) is 2.89. The highest BCUT2D eigenvalue weighted by Gasteiger charge is 2.10. The van der Waals surface area contributed by atoms with Gasteiger partial charge in [-0.25, -0.2) is 9.98 Å². The van der Waals surface area contributed by atoms with Crippen molar-refractivity contribution < 1.29 is 18.6 Å². The van der Waals surface area contributed by atoms with Gasteiger partial charge in [0.05, 0.1) is 18.0 Å². The fourth-order valence-corrected chi connectivity index (χ4v) is 2.89. The maximum atomic E-state index is 12.2. The first-order valence-electron chi connectivity index (χ1n) is 9.89. The van der Waals surface area contributed by atoms with Crippen molar-refractivity contribution in [3.8, 4) is 17.0 Å². The largest absolute Gasteiger partial charge is 0.435 e. The second-order valence-corrected chi connectivity index (χ2v) is 6.65. The van der Waals surface area contributed by atoms with Crippen molar-refractivity contribution in [2.45, 2.75) is 26.2 Å². The predicted molar refractivity (Wildman–Crippen MR) is 130 cm³/mol. The van der Waals surface area contributed by atoms with Crippen molar-refractivity contribution in [1.29, 1.82) is 0 Å². The quantitative estimate of drug-likeness (QED) is 0.181. The Morgan fingerprint density at radius 3 is 2.50 bits per heavy atom. The van der Waals surface area contributed by atoms with Crippen LogP contribution in [0.25, 0.3) is 11.3 Å². The first-order valence-corrected chi connectivity index (χ1v) is 9.89. The van der Waals surface area contributed by atoms with Crippen LogP contribution < -0.4 is 15.4 Å². The molecule has 0 radical (unpaired) electrons. The molecule has 0 bridgehead atoms.